The summed E-state index contributed by atoms with van der Waals surface area (Å²) in [6.45, 7) is 1.99. The van der Waals surface area contributed by atoms with Crippen LogP contribution in [0.1, 0.15) is 11.1 Å². The fraction of sp³-hybridized carbons (Fsp3) is 0.0870. The molecule has 0 aliphatic rings. The number of benzene rings is 3. The molecule has 0 bridgehead atoms. The highest BCUT2D eigenvalue weighted by atomic mass is 32.2. The van der Waals surface area contributed by atoms with E-state index in [1.54, 1.807) is 12.1 Å². The average molecular weight is 389 g/mol. The third-order valence-electron chi connectivity index (χ3n) is 4.42. The number of hydrogen-bond acceptors (Lipinski definition) is 4. The molecule has 0 saturated heterocycles. The number of aryl methyl sites for hydroxylation is 1. The molecule has 4 nitrogen and oxygen atoms in total. The molecule has 1 aromatic heterocycles. The van der Waals surface area contributed by atoms with Gasteiger partial charge in [0.1, 0.15) is 0 Å². The van der Waals surface area contributed by atoms with Crippen LogP contribution in [0, 0.1) is 6.92 Å². The van der Waals surface area contributed by atoms with Crippen molar-refractivity contribution in [1.29, 1.82) is 0 Å². The molecule has 4 aromatic rings. The molecule has 1 heterocycles. The molecule has 0 unspecified atom stereocenters. The van der Waals surface area contributed by atoms with Gasteiger partial charge < -0.3 is 4.42 Å². The van der Waals surface area contributed by atoms with Gasteiger partial charge in [-0.05, 0) is 24.6 Å². The lowest BCUT2D eigenvalue weighted by Crippen LogP contribution is -2.07. The van der Waals surface area contributed by atoms with Crippen LogP contribution in [0.4, 0.5) is 0 Å². The van der Waals surface area contributed by atoms with Gasteiger partial charge in [0.2, 0.25) is 20.8 Å². The van der Waals surface area contributed by atoms with Crippen molar-refractivity contribution in [1.82, 2.24) is 4.98 Å². The van der Waals surface area contributed by atoms with Gasteiger partial charge in [-0.1, -0.05) is 78.4 Å². The average Bonchev–Trinajstić information content (AvgIpc) is 3.16. The van der Waals surface area contributed by atoms with Crippen LogP contribution in [0.25, 0.3) is 22.8 Å². The Hall–Kier alpha value is -3.18. The van der Waals surface area contributed by atoms with Crippen molar-refractivity contribution < 1.29 is 12.8 Å². The normalized spacial score (nSPS) is 11.5. The van der Waals surface area contributed by atoms with Crippen LogP contribution in [-0.2, 0) is 15.6 Å². The van der Waals surface area contributed by atoms with Gasteiger partial charge in [0.05, 0.1) is 5.75 Å². The van der Waals surface area contributed by atoms with Crippen molar-refractivity contribution in [2.24, 2.45) is 0 Å². The molecule has 0 fully saturated rings. The van der Waals surface area contributed by atoms with Crippen molar-refractivity contribution in [3.05, 3.63) is 96.1 Å². The van der Waals surface area contributed by atoms with E-state index in [2.05, 4.69) is 4.98 Å². The Morgan fingerprint density at radius 1 is 0.786 bits per heavy atom. The number of nitrogens with zero attached hydrogens (tertiary/aromatic N) is 1. The molecule has 0 N–H and O–H groups in total. The van der Waals surface area contributed by atoms with Crippen molar-refractivity contribution in [3.63, 3.8) is 0 Å². The topological polar surface area (TPSA) is 60.2 Å². The maximum Gasteiger partial charge on any atom is 0.228 e. The first kappa shape index (κ1) is 18.2. The quantitative estimate of drug-likeness (QED) is 0.465. The summed E-state index contributed by atoms with van der Waals surface area (Å²) >= 11 is 0. The second kappa shape index (κ2) is 7.44. The van der Waals surface area contributed by atoms with E-state index >= 15 is 0 Å². The van der Waals surface area contributed by atoms with Crippen LogP contribution in [0.5, 0.6) is 0 Å². The highest BCUT2D eigenvalue weighted by molar-refractivity contribution is 7.90. The van der Waals surface area contributed by atoms with Crippen molar-refractivity contribution >= 4 is 9.84 Å². The van der Waals surface area contributed by atoms with Gasteiger partial charge in [0, 0.05) is 11.1 Å². The fourth-order valence-electron chi connectivity index (χ4n) is 2.97. The second-order valence-corrected chi connectivity index (χ2v) is 8.53. The van der Waals surface area contributed by atoms with Crippen molar-refractivity contribution in [3.8, 4) is 22.8 Å². The van der Waals surface area contributed by atoms with Crippen LogP contribution in [0.2, 0.25) is 0 Å². The van der Waals surface area contributed by atoms with E-state index in [0.29, 0.717) is 17.0 Å². The zero-order chi connectivity index (χ0) is 19.6. The van der Waals surface area contributed by atoms with Crippen molar-refractivity contribution in [2.45, 2.75) is 17.7 Å². The van der Waals surface area contributed by atoms with E-state index in [1.165, 1.54) is 0 Å². The Kier molecular flexibility index (Phi) is 4.84. The first-order valence-corrected chi connectivity index (χ1v) is 10.6. The van der Waals surface area contributed by atoms with Crippen LogP contribution in [0.15, 0.2) is 94.4 Å². The molecule has 5 heteroatoms. The Balaban J connectivity index is 1.84. The highest BCUT2D eigenvalue weighted by Gasteiger charge is 2.27. The van der Waals surface area contributed by atoms with E-state index in [0.717, 1.165) is 11.1 Å². The third-order valence-corrected chi connectivity index (χ3v) is 6.00. The summed E-state index contributed by atoms with van der Waals surface area (Å²) in [6, 6.07) is 25.9. The Bertz CT molecular complexity index is 1180. The van der Waals surface area contributed by atoms with E-state index in [4.69, 9.17) is 4.42 Å². The summed E-state index contributed by atoms with van der Waals surface area (Å²) in [7, 11) is -3.69. The van der Waals surface area contributed by atoms with Gasteiger partial charge in [-0.15, -0.1) is 0 Å². The molecule has 0 atom stereocenters. The lowest BCUT2D eigenvalue weighted by Gasteiger charge is -2.04. The van der Waals surface area contributed by atoms with Crippen LogP contribution >= 0.6 is 0 Å². The molecule has 0 saturated carbocycles. The van der Waals surface area contributed by atoms with Crippen LogP contribution in [-0.4, -0.2) is 13.4 Å². The molecule has 4 rings (SSSR count). The fourth-order valence-corrected chi connectivity index (χ4v) is 4.40. The van der Waals surface area contributed by atoms with E-state index in [1.807, 2.05) is 79.7 Å². The molecule has 28 heavy (non-hydrogen) atoms. The predicted molar refractivity (Wildman–Crippen MR) is 109 cm³/mol. The summed E-state index contributed by atoms with van der Waals surface area (Å²) in [6.07, 6.45) is 0. The first-order chi connectivity index (χ1) is 13.5. The van der Waals surface area contributed by atoms with Crippen molar-refractivity contribution in [2.75, 3.05) is 0 Å². The van der Waals surface area contributed by atoms with E-state index in [9.17, 15) is 8.42 Å². The monoisotopic (exact) mass is 389 g/mol. The number of aromatic nitrogens is 1. The molecule has 140 valence electrons. The third kappa shape index (κ3) is 3.75. The molecule has 3 aromatic carbocycles. The highest BCUT2D eigenvalue weighted by Crippen LogP contribution is 2.34. The largest absolute Gasteiger partial charge is 0.435 e. The van der Waals surface area contributed by atoms with E-state index in [-0.39, 0.29) is 16.5 Å². The second-order valence-electron chi connectivity index (χ2n) is 6.63. The Labute approximate surface area is 164 Å². The lowest BCUT2D eigenvalue weighted by molar-refractivity contribution is 0.579. The van der Waals surface area contributed by atoms with Gasteiger partial charge in [-0.2, -0.15) is 4.98 Å². The van der Waals surface area contributed by atoms with Gasteiger partial charge in [-0.3, -0.25) is 0 Å². The minimum absolute atomic E-state index is 0.0295. The summed E-state index contributed by atoms with van der Waals surface area (Å²) in [4.78, 5) is 4.40. The Morgan fingerprint density at radius 2 is 1.39 bits per heavy atom. The zero-order valence-corrected chi connectivity index (χ0v) is 16.2. The van der Waals surface area contributed by atoms with Gasteiger partial charge in [-0.25, -0.2) is 8.42 Å². The smallest absolute Gasteiger partial charge is 0.228 e. The van der Waals surface area contributed by atoms with Gasteiger partial charge >= 0.3 is 0 Å². The minimum Gasteiger partial charge on any atom is -0.435 e. The molecule has 0 amide bonds. The molecule has 0 spiro atoms. The van der Waals surface area contributed by atoms with Crippen LogP contribution in [0.3, 0.4) is 0 Å². The SMILES string of the molecule is Cc1ccc(-c2nc(S(=O)(=O)Cc3ccccc3)c(-c3ccccc3)o2)cc1. The standard InChI is InChI=1S/C23H19NO3S/c1-17-12-14-20(15-13-17)22-24-23(21(27-22)19-10-6-3-7-11-19)28(25,26)16-18-8-4-2-5-9-18/h2-15H,16H2,1H3. The first-order valence-electron chi connectivity index (χ1n) is 8.93. The number of sulfone groups is 1. The summed E-state index contributed by atoms with van der Waals surface area (Å²) in [5.41, 5.74) is 3.24. The molecule has 0 aliphatic heterocycles. The number of hydrogen-bond donors (Lipinski definition) is 0. The molecular formula is C23H19NO3S. The maximum atomic E-state index is 13.2. The zero-order valence-electron chi connectivity index (χ0n) is 15.4. The summed E-state index contributed by atoms with van der Waals surface area (Å²) in [5, 5.41) is -0.0295. The summed E-state index contributed by atoms with van der Waals surface area (Å²) < 4.78 is 32.3. The summed E-state index contributed by atoms with van der Waals surface area (Å²) in [5.74, 6) is 0.436. The molecule has 0 aliphatic carbocycles. The van der Waals surface area contributed by atoms with Crippen LogP contribution < -0.4 is 0 Å². The van der Waals surface area contributed by atoms with Gasteiger partial charge in [0.25, 0.3) is 0 Å². The number of rotatable bonds is 5. The number of oxazole rings is 1. The maximum absolute atomic E-state index is 13.2. The Morgan fingerprint density at radius 3 is 2.04 bits per heavy atom. The van der Waals surface area contributed by atoms with E-state index < -0.39 is 9.84 Å². The molecular weight excluding hydrogens is 370 g/mol. The lowest BCUT2D eigenvalue weighted by atomic mass is 10.1. The van der Waals surface area contributed by atoms with Gasteiger partial charge in [0.15, 0.2) is 5.76 Å². The molecule has 0 radical (unpaired) electrons. The predicted octanol–water partition coefficient (Wildman–Crippen LogP) is 5.29. The minimum atomic E-state index is -3.69.